The van der Waals surface area contributed by atoms with Crippen molar-refractivity contribution in [2.75, 3.05) is 45.8 Å². The minimum Gasteiger partial charge on any atom is -0.348 e. The van der Waals surface area contributed by atoms with Gasteiger partial charge in [0.25, 0.3) is 0 Å². The Morgan fingerprint density at radius 3 is 2.41 bits per heavy atom. The molecule has 0 atom stereocenters. The van der Waals surface area contributed by atoms with Gasteiger partial charge in [-0.15, -0.1) is 0 Å². The van der Waals surface area contributed by atoms with Gasteiger partial charge in [-0.2, -0.15) is 0 Å². The van der Waals surface area contributed by atoms with E-state index in [0.717, 1.165) is 71.5 Å². The van der Waals surface area contributed by atoms with Crippen LogP contribution in [0.4, 0.5) is 0 Å². The van der Waals surface area contributed by atoms with Crippen LogP contribution in [0.2, 0.25) is 0 Å². The largest absolute Gasteiger partial charge is 0.348 e. The molecule has 0 aliphatic carbocycles. The van der Waals surface area contributed by atoms with E-state index in [4.69, 9.17) is 11.5 Å². The number of hydrogen-bond acceptors (Lipinski definition) is 5. The van der Waals surface area contributed by atoms with Crippen LogP contribution in [0, 0.1) is 0 Å². The number of aromatic nitrogens is 2. The fraction of sp³-hybridized carbons (Fsp3) is 0.812. The van der Waals surface area contributed by atoms with Crippen molar-refractivity contribution in [1.29, 1.82) is 0 Å². The number of nitrogens with zero attached hydrogens (tertiary/aromatic N) is 2. The standard InChI is InChI=1S/C16H34N6/c17-7-1-2-9-19-10-5-13-22(12-4-8-18)11-3-6-16-14-20-15-21-16/h14-15,19H,1-13,17-18H2,(H,20,21). The molecule has 0 aliphatic heterocycles. The van der Waals surface area contributed by atoms with Gasteiger partial charge in [0.05, 0.1) is 6.33 Å². The van der Waals surface area contributed by atoms with Gasteiger partial charge in [0.2, 0.25) is 0 Å². The van der Waals surface area contributed by atoms with Crippen molar-refractivity contribution < 1.29 is 0 Å². The molecule has 1 rings (SSSR count). The maximum absolute atomic E-state index is 5.64. The summed E-state index contributed by atoms with van der Waals surface area (Å²) in [6.45, 7) is 7.12. The normalized spacial score (nSPS) is 11.4. The highest BCUT2D eigenvalue weighted by molar-refractivity contribution is 4.93. The lowest BCUT2D eigenvalue weighted by atomic mass is 10.2. The number of hydrogen-bond donors (Lipinski definition) is 4. The van der Waals surface area contributed by atoms with Gasteiger partial charge >= 0.3 is 0 Å². The molecule has 0 fully saturated rings. The van der Waals surface area contributed by atoms with E-state index in [2.05, 4.69) is 20.2 Å². The molecule has 0 aliphatic rings. The Labute approximate surface area is 135 Å². The number of unbranched alkanes of at least 4 members (excludes halogenated alkanes) is 1. The van der Waals surface area contributed by atoms with E-state index in [1.165, 1.54) is 18.5 Å². The van der Waals surface area contributed by atoms with Crippen LogP contribution in [-0.4, -0.2) is 60.7 Å². The molecular weight excluding hydrogens is 276 g/mol. The molecule has 0 amide bonds. The molecule has 0 saturated carbocycles. The third-order valence-electron chi connectivity index (χ3n) is 3.79. The predicted molar refractivity (Wildman–Crippen MR) is 92.8 cm³/mol. The first-order valence-electron chi connectivity index (χ1n) is 8.67. The van der Waals surface area contributed by atoms with Crippen molar-refractivity contribution in [3.8, 4) is 0 Å². The summed E-state index contributed by atoms with van der Waals surface area (Å²) in [6, 6.07) is 0. The Balaban J connectivity index is 2.08. The van der Waals surface area contributed by atoms with E-state index in [-0.39, 0.29) is 0 Å². The summed E-state index contributed by atoms with van der Waals surface area (Å²) >= 11 is 0. The fourth-order valence-corrected chi connectivity index (χ4v) is 2.51. The highest BCUT2D eigenvalue weighted by Crippen LogP contribution is 2.01. The summed E-state index contributed by atoms with van der Waals surface area (Å²) < 4.78 is 0. The summed E-state index contributed by atoms with van der Waals surface area (Å²) in [7, 11) is 0. The van der Waals surface area contributed by atoms with Gasteiger partial charge in [0.15, 0.2) is 0 Å². The highest BCUT2D eigenvalue weighted by atomic mass is 15.1. The lowest BCUT2D eigenvalue weighted by molar-refractivity contribution is 0.264. The van der Waals surface area contributed by atoms with Crippen LogP contribution in [0.1, 0.15) is 37.8 Å². The molecular formula is C16H34N6. The zero-order chi connectivity index (χ0) is 15.9. The van der Waals surface area contributed by atoms with Crippen molar-refractivity contribution in [3.63, 3.8) is 0 Å². The van der Waals surface area contributed by atoms with Crippen molar-refractivity contribution in [1.82, 2.24) is 20.2 Å². The second kappa shape index (κ2) is 13.7. The minimum absolute atomic E-state index is 0.772. The molecule has 0 aromatic carbocycles. The van der Waals surface area contributed by atoms with Crippen molar-refractivity contribution in [2.45, 2.75) is 38.5 Å². The molecule has 0 radical (unpaired) electrons. The van der Waals surface area contributed by atoms with E-state index in [1.807, 2.05) is 6.20 Å². The fourth-order valence-electron chi connectivity index (χ4n) is 2.51. The smallest absolute Gasteiger partial charge is 0.0921 e. The van der Waals surface area contributed by atoms with Gasteiger partial charge in [-0.3, -0.25) is 0 Å². The molecule has 0 saturated heterocycles. The molecule has 6 nitrogen and oxygen atoms in total. The van der Waals surface area contributed by atoms with Gasteiger partial charge in [0, 0.05) is 11.9 Å². The van der Waals surface area contributed by atoms with Crippen molar-refractivity contribution in [2.24, 2.45) is 11.5 Å². The number of H-pyrrole nitrogens is 1. The molecule has 0 unspecified atom stereocenters. The van der Waals surface area contributed by atoms with Crippen LogP contribution in [0.5, 0.6) is 0 Å². The third-order valence-corrected chi connectivity index (χ3v) is 3.79. The van der Waals surface area contributed by atoms with Gasteiger partial charge in [-0.05, 0) is 84.3 Å². The average molecular weight is 310 g/mol. The van der Waals surface area contributed by atoms with Gasteiger partial charge in [-0.1, -0.05) is 0 Å². The highest BCUT2D eigenvalue weighted by Gasteiger charge is 2.04. The Morgan fingerprint density at radius 2 is 1.68 bits per heavy atom. The molecule has 6 N–H and O–H groups in total. The van der Waals surface area contributed by atoms with Crippen LogP contribution in [0.25, 0.3) is 0 Å². The molecule has 0 bridgehead atoms. The zero-order valence-electron chi connectivity index (χ0n) is 13.9. The molecule has 0 spiro atoms. The Bertz CT molecular complexity index is 327. The summed E-state index contributed by atoms with van der Waals surface area (Å²) in [6.07, 6.45) is 10.5. The summed E-state index contributed by atoms with van der Waals surface area (Å²) in [5.41, 5.74) is 12.4. The summed E-state index contributed by atoms with van der Waals surface area (Å²) in [4.78, 5) is 9.75. The molecule has 6 heteroatoms. The molecule has 1 aromatic rings. The first kappa shape index (κ1) is 19.1. The summed E-state index contributed by atoms with van der Waals surface area (Å²) in [5, 5.41) is 3.49. The SMILES string of the molecule is NCCCCNCCCN(CCCN)CCCc1cnc[nH]1. The Morgan fingerprint density at radius 1 is 0.955 bits per heavy atom. The number of aryl methyl sites for hydroxylation is 1. The predicted octanol–water partition coefficient (Wildman–Crippen LogP) is 0.712. The first-order chi connectivity index (χ1) is 10.9. The molecule has 1 aromatic heterocycles. The number of aromatic amines is 1. The minimum atomic E-state index is 0.772. The average Bonchev–Trinajstić information content (AvgIpc) is 3.04. The van der Waals surface area contributed by atoms with Crippen LogP contribution in [-0.2, 0) is 6.42 Å². The number of nitrogens with one attached hydrogen (secondary N) is 2. The third kappa shape index (κ3) is 9.89. The first-order valence-corrected chi connectivity index (χ1v) is 8.67. The quantitative estimate of drug-likeness (QED) is 0.358. The van der Waals surface area contributed by atoms with Crippen LogP contribution < -0.4 is 16.8 Å². The summed E-state index contributed by atoms with van der Waals surface area (Å²) in [5.74, 6) is 0. The van der Waals surface area contributed by atoms with Gasteiger partial charge < -0.3 is 26.7 Å². The Hall–Kier alpha value is -0.950. The van der Waals surface area contributed by atoms with E-state index in [9.17, 15) is 0 Å². The second-order valence-electron chi connectivity index (χ2n) is 5.76. The van der Waals surface area contributed by atoms with E-state index >= 15 is 0 Å². The number of rotatable bonds is 15. The van der Waals surface area contributed by atoms with Crippen LogP contribution >= 0.6 is 0 Å². The zero-order valence-corrected chi connectivity index (χ0v) is 13.9. The topological polar surface area (TPSA) is 96.0 Å². The van der Waals surface area contributed by atoms with E-state index < -0.39 is 0 Å². The van der Waals surface area contributed by atoms with Gasteiger partial charge in [0.1, 0.15) is 0 Å². The lowest BCUT2D eigenvalue weighted by Gasteiger charge is -2.22. The maximum atomic E-state index is 5.64. The van der Waals surface area contributed by atoms with Crippen molar-refractivity contribution >= 4 is 0 Å². The number of nitrogens with two attached hydrogens (primary N) is 2. The molecule has 1 heterocycles. The van der Waals surface area contributed by atoms with E-state index in [1.54, 1.807) is 6.33 Å². The monoisotopic (exact) mass is 310 g/mol. The van der Waals surface area contributed by atoms with Crippen LogP contribution in [0.3, 0.4) is 0 Å². The number of imidazole rings is 1. The Kier molecular flexibility index (Phi) is 11.9. The van der Waals surface area contributed by atoms with E-state index in [0.29, 0.717) is 0 Å². The molecule has 128 valence electrons. The van der Waals surface area contributed by atoms with Crippen LogP contribution in [0.15, 0.2) is 12.5 Å². The van der Waals surface area contributed by atoms with Gasteiger partial charge in [-0.25, -0.2) is 4.98 Å². The maximum Gasteiger partial charge on any atom is 0.0921 e. The lowest BCUT2D eigenvalue weighted by Crippen LogP contribution is -2.31. The van der Waals surface area contributed by atoms with Crippen molar-refractivity contribution in [3.05, 3.63) is 18.2 Å². The molecule has 22 heavy (non-hydrogen) atoms. The second-order valence-corrected chi connectivity index (χ2v) is 5.76.